The van der Waals surface area contributed by atoms with Crippen LogP contribution in [0.25, 0.3) is 11.3 Å². The van der Waals surface area contributed by atoms with Crippen molar-refractivity contribution < 1.29 is 18.3 Å². The van der Waals surface area contributed by atoms with Crippen molar-refractivity contribution in [1.82, 2.24) is 20.1 Å². The Kier molecular flexibility index (Phi) is 7.05. The summed E-state index contributed by atoms with van der Waals surface area (Å²) < 4.78 is 31.6. The molecule has 29 heavy (non-hydrogen) atoms. The van der Waals surface area contributed by atoms with Crippen molar-refractivity contribution >= 4 is 17.5 Å². The number of amides is 1. The first-order valence-corrected chi connectivity index (χ1v) is 10.2. The Labute approximate surface area is 173 Å². The van der Waals surface area contributed by atoms with Crippen LogP contribution < -0.4 is 10.1 Å². The average molecular weight is 427 g/mol. The van der Waals surface area contributed by atoms with Crippen molar-refractivity contribution in [3.8, 4) is 17.0 Å². The van der Waals surface area contributed by atoms with Crippen molar-refractivity contribution in [3.63, 3.8) is 0 Å². The van der Waals surface area contributed by atoms with Gasteiger partial charge in [0.15, 0.2) is 5.69 Å². The van der Waals surface area contributed by atoms with E-state index in [-0.39, 0.29) is 27.9 Å². The Hall–Kier alpha value is -2.22. The summed E-state index contributed by atoms with van der Waals surface area (Å²) in [7, 11) is 0. The van der Waals surface area contributed by atoms with Crippen LogP contribution in [-0.4, -0.2) is 33.8 Å². The van der Waals surface area contributed by atoms with Crippen LogP contribution in [0.1, 0.15) is 50.0 Å². The summed E-state index contributed by atoms with van der Waals surface area (Å²) in [6, 6.07) is 1.33. The molecule has 1 saturated carbocycles. The number of nitrogens with zero attached hydrogens (tertiary/aromatic N) is 3. The van der Waals surface area contributed by atoms with Crippen LogP contribution in [0, 0.1) is 11.8 Å². The number of nitrogens with one attached hydrogen (secondary N) is 1. The maximum atomic E-state index is 12.8. The molecule has 0 bridgehead atoms. The number of aryl methyl sites for hydroxylation is 1. The van der Waals surface area contributed by atoms with Gasteiger partial charge in [-0.25, -0.2) is 0 Å². The first kappa shape index (κ1) is 21.5. The van der Waals surface area contributed by atoms with E-state index in [4.69, 9.17) is 11.6 Å². The van der Waals surface area contributed by atoms with E-state index in [1.165, 1.54) is 36.0 Å². The minimum Gasteiger partial charge on any atom is -0.434 e. The molecule has 0 aliphatic heterocycles. The fourth-order valence-corrected chi connectivity index (χ4v) is 4.01. The number of aromatic nitrogens is 3. The molecule has 2 heterocycles. The molecule has 0 radical (unpaired) electrons. The number of pyridine rings is 1. The fourth-order valence-electron chi connectivity index (χ4n) is 3.68. The molecule has 0 unspecified atom stereocenters. The molecule has 2 aromatic heterocycles. The van der Waals surface area contributed by atoms with Crippen molar-refractivity contribution in [2.45, 2.75) is 52.7 Å². The summed E-state index contributed by atoms with van der Waals surface area (Å²) >= 11 is 6.47. The maximum absolute atomic E-state index is 12.8. The standard InChI is InChI=1S/C20H25ClF2N4O2/c1-3-27-18(14-11-24-9-8-15(14)29-20(22)23)16(21)17(26-27)19(28)25-10-13-6-4-12(2)5-7-13/h8-9,11-13,20H,3-7,10H2,1-2H3,(H,25,28). The largest absolute Gasteiger partial charge is 0.434 e. The molecule has 0 atom stereocenters. The van der Waals surface area contributed by atoms with Crippen LogP contribution >= 0.6 is 11.6 Å². The molecule has 1 N–H and O–H groups in total. The molecular formula is C20H25ClF2N4O2. The second-order valence-corrected chi connectivity index (χ2v) is 7.79. The smallest absolute Gasteiger partial charge is 0.387 e. The van der Waals surface area contributed by atoms with Gasteiger partial charge in [0.1, 0.15) is 5.75 Å². The average Bonchev–Trinajstić information content (AvgIpc) is 3.03. The number of alkyl halides is 2. The summed E-state index contributed by atoms with van der Waals surface area (Å²) in [6.45, 7) is 2.04. The van der Waals surface area contributed by atoms with Gasteiger partial charge < -0.3 is 10.1 Å². The quantitative estimate of drug-likeness (QED) is 0.692. The molecular weight excluding hydrogens is 402 g/mol. The number of rotatable bonds is 7. The minimum atomic E-state index is -2.99. The van der Waals surface area contributed by atoms with Gasteiger partial charge in [0.2, 0.25) is 0 Å². The van der Waals surface area contributed by atoms with Crippen molar-refractivity contribution in [1.29, 1.82) is 0 Å². The number of hydrogen-bond acceptors (Lipinski definition) is 4. The number of ether oxygens (including phenoxy) is 1. The highest BCUT2D eigenvalue weighted by Gasteiger charge is 2.26. The molecule has 1 aliphatic carbocycles. The SMILES string of the molecule is CCn1nc(C(=O)NCC2CCC(C)CC2)c(Cl)c1-c1cnccc1OC(F)F. The summed E-state index contributed by atoms with van der Waals surface area (Å²) in [6.07, 6.45) is 7.24. The van der Waals surface area contributed by atoms with Crippen LogP contribution in [0.4, 0.5) is 8.78 Å². The summed E-state index contributed by atoms with van der Waals surface area (Å²) in [5, 5.41) is 7.32. The van der Waals surface area contributed by atoms with E-state index in [0.717, 1.165) is 18.8 Å². The zero-order chi connectivity index (χ0) is 21.0. The molecule has 9 heteroatoms. The zero-order valence-corrected chi connectivity index (χ0v) is 17.3. The highest BCUT2D eigenvalue weighted by atomic mass is 35.5. The van der Waals surface area contributed by atoms with Gasteiger partial charge in [-0.15, -0.1) is 0 Å². The third-order valence-corrected chi connectivity index (χ3v) is 5.71. The van der Waals surface area contributed by atoms with E-state index in [0.29, 0.717) is 24.7 Å². The van der Waals surface area contributed by atoms with Crippen LogP contribution in [0.3, 0.4) is 0 Å². The molecule has 1 aliphatic rings. The molecule has 0 saturated heterocycles. The Balaban J connectivity index is 1.82. The predicted molar refractivity (Wildman–Crippen MR) is 106 cm³/mol. The fraction of sp³-hybridized carbons (Fsp3) is 0.550. The van der Waals surface area contributed by atoms with Gasteiger partial charge in [0.05, 0.1) is 16.3 Å². The van der Waals surface area contributed by atoms with E-state index in [2.05, 4.69) is 27.1 Å². The van der Waals surface area contributed by atoms with E-state index in [1.807, 2.05) is 6.92 Å². The predicted octanol–water partition coefficient (Wildman–Crippen LogP) is 4.78. The second-order valence-electron chi connectivity index (χ2n) is 7.41. The molecule has 3 rings (SSSR count). The zero-order valence-electron chi connectivity index (χ0n) is 16.5. The third kappa shape index (κ3) is 5.04. The van der Waals surface area contributed by atoms with Gasteiger partial charge in [-0.1, -0.05) is 31.4 Å². The van der Waals surface area contributed by atoms with E-state index < -0.39 is 6.61 Å². The maximum Gasteiger partial charge on any atom is 0.387 e. The third-order valence-electron chi connectivity index (χ3n) is 5.35. The Morgan fingerprint density at radius 2 is 2.10 bits per heavy atom. The number of carbonyl (C=O) groups excluding carboxylic acids is 1. The number of carbonyl (C=O) groups is 1. The van der Waals surface area contributed by atoms with Crippen LogP contribution in [-0.2, 0) is 6.54 Å². The Morgan fingerprint density at radius 1 is 1.38 bits per heavy atom. The molecule has 158 valence electrons. The topological polar surface area (TPSA) is 69.0 Å². The number of halogens is 3. The highest BCUT2D eigenvalue weighted by molar-refractivity contribution is 6.36. The van der Waals surface area contributed by atoms with Crippen molar-refractivity contribution in [2.24, 2.45) is 11.8 Å². The second kappa shape index (κ2) is 9.52. The van der Waals surface area contributed by atoms with Gasteiger partial charge in [0, 0.05) is 25.5 Å². The Morgan fingerprint density at radius 3 is 2.76 bits per heavy atom. The molecule has 0 aromatic carbocycles. The van der Waals surface area contributed by atoms with Crippen molar-refractivity contribution in [2.75, 3.05) is 6.54 Å². The molecule has 2 aromatic rings. The van der Waals surface area contributed by atoms with Crippen molar-refractivity contribution in [3.05, 3.63) is 29.2 Å². The van der Waals surface area contributed by atoms with Crippen LogP contribution in [0.15, 0.2) is 18.5 Å². The van der Waals surface area contributed by atoms with Gasteiger partial charge in [0.25, 0.3) is 5.91 Å². The van der Waals surface area contributed by atoms with Gasteiger partial charge in [-0.05, 0) is 37.7 Å². The monoisotopic (exact) mass is 426 g/mol. The van der Waals surface area contributed by atoms with Crippen LogP contribution in [0.2, 0.25) is 5.02 Å². The highest BCUT2D eigenvalue weighted by Crippen LogP contribution is 2.37. The summed E-state index contributed by atoms with van der Waals surface area (Å²) in [4.78, 5) is 16.7. The first-order valence-electron chi connectivity index (χ1n) is 9.84. The molecule has 0 spiro atoms. The van der Waals surface area contributed by atoms with Gasteiger partial charge in [-0.2, -0.15) is 13.9 Å². The summed E-state index contributed by atoms with van der Waals surface area (Å²) in [5.41, 5.74) is 0.654. The lowest BCUT2D eigenvalue weighted by atomic mass is 9.83. The van der Waals surface area contributed by atoms with Crippen LogP contribution in [0.5, 0.6) is 5.75 Å². The van der Waals surface area contributed by atoms with E-state index >= 15 is 0 Å². The molecule has 1 fully saturated rings. The lowest BCUT2D eigenvalue weighted by Crippen LogP contribution is -2.31. The normalized spacial score (nSPS) is 19.4. The molecule has 1 amide bonds. The lowest BCUT2D eigenvalue weighted by molar-refractivity contribution is -0.0495. The summed E-state index contributed by atoms with van der Waals surface area (Å²) in [5.74, 6) is 0.742. The first-order chi connectivity index (χ1) is 13.9. The minimum absolute atomic E-state index is 0.0690. The molecule has 6 nitrogen and oxygen atoms in total. The van der Waals surface area contributed by atoms with Gasteiger partial charge in [-0.3, -0.25) is 14.5 Å². The lowest BCUT2D eigenvalue weighted by Gasteiger charge is -2.26. The number of hydrogen-bond donors (Lipinski definition) is 1. The Bertz CT molecular complexity index is 851. The van der Waals surface area contributed by atoms with E-state index in [1.54, 1.807) is 0 Å². The van der Waals surface area contributed by atoms with Gasteiger partial charge >= 0.3 is 6.61 Å². The van der Waals surface area contributed by atoms with E-state index in [9.17, 15) is 13.6 Å².